The van der Waals surface area contributed by atoms with Gasteiger partial charge >= 0.3 is 0 Å². The van der Waals surface area contributed by atoms with E-state index in [9.17, 15) is 4.79 Å². The van der Waals surface area contributed by atoms with Crippen LogP contribution in [-0.4, -0.2) is 21.9 Å². The molecule has 0 unspecified atom stereocenters. The summed E-state index contributed by atoms with van der Waals surface area (Å²) in [6.45, 7) is 0. The number of hydrogen-bond donors (Lipinski definition) is 3. The standard InChI is InChI=1S/C16H19N3OS/c20-15(9-10-21)17-12-7-5-11(6-8-12)16-13-3-1-2-4-14(13)18-19-16/h5-8,21H,1-4,9-10H2,(H,17,20)(H,18,19). The first-order valence-corrected chi connectivity index (χ1v) is 7.98. The lowest BCUT2D eigenvalue weighted by atomic mass is 9.94. The zero-order valence-electron chi connectivity index (χ0n) is 11.9. The molecule has 2 aromatic rings. The number of carbonyl (C=O) groups is 1. The Balaban J connectivity index is 1.78. The third kappa shape index (κ3) is 3.13. The van der Waals surface area contributed by atoms with Crippen molar-refractivity contribution in [3.8, 4) is 11.3 Å². The van der Waals surface area contributed by atoms with Gasteiger partial charge in [-0.2, -0.15) is 17.7 Å². The van der Waals surface area contributed by atoms with E-state index in [0.29, 0.717) is 12.2 Å². The maximum absolute atomic E-state index is 11.5. The van der Waals surface area contributed by atoms with E-state index in [1.54, 1.807) is 0 Å². The molecular formula is C16H19N3OS. The fourth-order valence-corrected chi connectivity index (χ4v) is 2.96. The summed E-state index contributed by atoms with van der Waals surface area (Å²) in [6.07, 6.45) is 5.10. The second-order valence-corrected chi connectivity index (χ2v) is 5.78. The van der Waals surface area contributed by atoms with E-state index < -0.39 is 0 Å². The number of H-pyrrole nitrogens is 1. The molecule has 4 nitrogen and oxygen atoms in total. The number of amides is 1. The van der Waals surface area contributed by atoms with Crippen molar-refractivity contribution in [2.75, 3.05) is 11.1 Å². The van der Waals surface area contributed by atoms with Crippen molar-refractivity contribution >= 4 is 24.2 Å². The van der Waals surface area contributed by atoms with Crippen LogP contribution in [-0.2, 0) is 17.6 Å². The van der Waals surface area contributed by atoms with E-state index in [2.05, 4.69) is 28.1 Å². The smallest absolute Gasteiger partial charge is 0.225 e. The van der Waals surface area contributed by atoms with Crippen LogP contribution in [0.4, 0.5) is 5.69 Å². The Morgan fingerprint density at radius 3 is 2.76 bits per heavy atom. The number of aryl methyl sites for hydroxylation is 1. The molecular weight excluding hydrogens is 282 g/mol. The van der Waals surface area contributed by atoms with E-state index in [1.165, 1.54) is 24.1 Å². The van der Waals surface area contributed by atoms with E-state index >= 15 is 0 Å². The van der Waals surface area contributed by atoms with Crippen LogP contribution in [0.1, 0.15) is 30.5 Å². The Morgan fingerprint density at radius 2 is 2.00 bits per heavy atom. The van der Waals surface area contributed by atoms with Crippen LogP contribution in [0.3, 0.4) is 0 Å². The van der Waals surface area contributed by atoms with E-state index in [0.717, 1.165) is 29.8 Å². The molecule has 1 amide bonds. The Labute approximate surface area is 129 Å². The zero-order valence-corrected chi connectivity index (χ0v) is 12.7. The first-order valence-electron chi connectivity index (χ1n) is 7.35. The number of rotatable bonds is 4. The topological polar surface area (TPSA) is 57.8 Å². The van der Waals surface area contributed by atoms with Crippen LogP contribution >= 0.6 is 12.6 Å². The van der Waals surface area contributed by atoms with E-state index in [1.807, 2.05) is 24.3 Å². The maximum Gasteiger partial charge on any atom is 0.225 e. The molecule has 0 radical (unpaired) electrons. The van der Waals surface area contributed by atoms with Gasteiger partial charge in [-0.25, -0.2) is 0 Å². The molecule has 1 aromatic heterocycles. The van der Waals surface area contributed by atoms with Gasteiger partial charge in [0, 0.05) is 28.9 Å². The fraction of sp³-hybridized carbons (Fsp3) is 0.375. The molecule has 0 saturated carbocycles. The van der Waals surface area contributed by atoms with Crippen molar-refractivity contribution in [3.05, 3.63) is 35.5 Å². The third-order valence-corrected chi connectivity index (χ3v) is 4.06. The molecule has 0 fully saturated rings. The number of hydrogen-bond acceptors (Lipinski definition) is 3. The monoisotopic (exact) mass is 301 g/mol. The number of carbonyl (C=O) groups excluding carboxylic acids is 1. The third-order valence-electron chi connectivity index (χ3n) is 3.84. The SMILES string of the molecule is O=C(CCS)Nc1ccc(-c2n[nH]c3c2CCCC3)cc1. The van der Waals surface area contributed by atoms with Crippen molar-refractivity contribution < 1.29 is 4.79 Å². The zero-order chi connectivity index (χ0) is 14.7. The van der Waals surface area contributed by atoms with Crippen molar-refractivity contribution in [1.82, 2.24) is 10.2 Å². The predicted molar refractivity (Wildman–Crippen MR) is 87.8 cm³/mol. The molecule has 0 atom stereocenters. The molecule has 3 rings (SSSR count). The summed E-state index contributed by atoms with van der Waals surface area (Å²) in [4.78, 5) is 11.5. The average molecular weight is 301 g/mol. The quantitative estimate of drug-likeness (QED) is 0.759. The van der Waals surface area contributed by atoms with Gasteiger partial charge < -0.3 is 5.32 Å². The first-order chi connectivity index (χ1) is 10.3. The summed E-state index contributed by atoms with van der Waals surface area (Å²) < 4.78 is 0. The molecule has 5 heteroatoms. The van der Waals surface area contributed by atoms with Gasteiger partial charge in [0.25, 0.3) is 0 Å². The molecule has 0 spiro atoms. The van der Waals surface area contributed by atoms with Crippen LogP contribution in [0.2, 0.25) is 0 Å². The molecule has 110 valence electrons. The van der Waals surface area contributed by atoms with Crippen molar-refractivity contribution in [2.45, 2.75) is 32.1 Å². The lowest BCUT2D eigenvalue weighted by Gasteiger charge is -2.11. The Bertz CT molecular complexity index is 633. The Morgan fingerprint density at radius 1 is 1.24 bits per heavy atom. The van der Waals surface area contributed by atoms with Gasteiger partial charge in [0.05, 0.1) is 5.69 Å². The van der Waals surface area contributed by atoms with Gasteiger partial charge in [0.2, 0.25) is 5.91 Å². The highest BCUT2D eigenvalue weighted by molar-refractivity contribution is 7.80. The molecule has 1 aliphatic carbocycles. The van der Waals surface area contributed by atoms with E-state index in [-0.39, 0.29) is 5.91 Å². The van der Waals surface area contributed by atoms with Crippen LogP contribution in [0.25, 0.3) is 11.3 Å². The number of benzene rings is 1. The van der Waals surface area contributed by atoms with Crippen molar-refractivity contribution in [2.24, 2.45) is 0 Å². The number of aromatic amines is 1. The molecule has 2 N–H and O–H groups in total. The molecule has 0 bridgehead atoms. The summed E-state index contributed by atoms with van der Waals surface area (Å²) in [5.41, 5.74) is 5.60. The number of anilines is 1. The lowest BCUT2D eigenvalue weighted by Crippen LogP contribution is -2.11. The molecule has 21 heavy (non-hydrogen) atoms. The number of fused-ring (bicyclic) bond motifs is 1. The normalized spacial score (nSPS) is 13.8. The minimum absolute atomic E-state index is 0.00472. The van der Waals surface area contributed by atoms with Gasteiger partial charge in [-0.1, -0.05) is 12.1 Å². The molecule has 1 aliphatic rings. The summed E-state index contributed by atoms with van der Waals surface area (Å²) in [7, 11) is 0. The number of thiol groups is 1. The molecule has 1 heterocycles. The highest BCUT2D eigenvalue weighted by Gasteiger charge is 2.17. The Hall–Kier alpha value is -1.75. The summed E-state index contributed by atoms with van der Waals surface area (Å²) in [5, 5.41) is 10.5. The van der Waals surface area contributed by atoms with Gasteiger partial charge in [-0.3, -0.25) is 9.89 Å². The number of nitrogens with zero attached hydrogens (tertiary/aromatic N) is 1. The lowest BCUT2D eigenvalue weighted by molar-refractivity contribution is -0.115. The minimum atomic E-state index is -0.00472. The van der Waals surface area contributed by atoms with Crippen LogP contribution in [0.15, 0.2) is 24.3 Å². The van der Waals surface area contributed by atoms with E-state index in [4.69, 9.17) is 0 Å². The van der Waals surface area contributed by atoms with Crippen molar-refractivity contribution in [1.29, 1.82) is 0 Å². The maximum atomic E-state index is 11.5. The highest BCUT2D eigenvalue weighted by atomic mass is 32.1. The average Bonchev–Trinajstić information content (AvgIpc) is 2.92. The second kappa shape index (κ2) is 6.35. The first kappa shape index (κ1) is 14.2. The Kier molecular flexibility index (Phi) is 4.29. The van der Waals surface area contributed by atoms with Gasteiger partial charge in [-0.05, 0) is 43.6 Å². The largest absolute Gasteiger partial charge is 0.326 e. The van der Waals surface area contributed by atoms with Gasteiger partial charge in [-0.15, -0.1) is 0 Å². The van der Waals surface area contributed by atoms with Gasteiger partial charge in [0.1, 0.15) is 0 Å². The second-order valence-electron chi connectivity index (χ2n) is 5.34. The summed E-state index contributed by atoms with van der Waals surface area (Å²) >= 11 is 4.06. The fourth-order valence-electron chi connectivity index (χ4n) is 2.76. The van der Waals surface area contributed by atoms with Crippen LogP contribution in [0.5, 0.6) is 0 Å². The van der Waals surface area contributed by atoms with Crippen LogP contribution in [0, 0.1) is 0 Å². The van der Waals surface area contributed by atoms with Crippen LogP contribution < -0.4 is 5.32 Å². The summed E-state index contributed by atoms with van der Waals surface area (Å²) in [5.74, 6) is 0.554. The number of nitrogens with one attached hydrogen (secondary N) is 2. The molecule has 0 aliphatic heterocycles. The van der Waals surface area contributed by atoms with Gasteiger partial charge in [0.15, 0.2) is 0 Å². The molecule has 1 aromatic carbocycles. The predicted octanol–water partition coefficient (Wildman–Crippen LogP) is 3.21. The summed E-state index contributed by atoms with van der Waals surface area (Å²) in [6, 6.07) is 7.88. The van der Waals surface area contributed by atoms with Crippen molar-refractivity contribution in [3.63, 3.8) is 0 Å². The highest BCUT2D eigenvalue weighted by Crippen LogP contribution is 2.30. The minimum Gasteiger partial charge on any atom is -0.326 e. The number of aromatic nitrogens is 2. The molecule has 0 saturated heterocycles.